The molecule has 3 aliphatic rings. The van der Waals surface area contributed by atoms with Crippen LogP contribution in [0.5, 0.6) is 0 Å². The molecular weight excluding hydrogens is 204 g/mol. The number of nitrogens with zero attached hydrogens (tertiary/aromatic N) is 1. The zero-order valence-electron chi connectivity index (χ0n) is 9.03. The topological polar surface area (TPSA) is 59.6 Å². The van der Waals surface area contributed by atoms with Crippen molar-refractivity contribution in [2.75, 3.05) is 13.2 Å². The highest BCUT2D eigenvalue weighted by atomic mass is 16.3. The van der Waals surface area contributed by atoms with Gasteiger partial charge in [-0.25, -0.2) is 0 Å². The largest absolute Gasteiger partial charge is 0.394 e. The van der Waals surface area contributed by atoms with Crippen molar-refractivity contribution in [1.29, 1.82) is 0 Å². The number of hydrogen-bond acceptors (Lipinski definition) is 5. The summed E-state index contributed by atoms with van der Waals surface area (Å²) < 4.78 is 0. The van der Waals surface area contributed by atoms with Crippen LogP contribution in [0.3, 0.4) is 0 Å². The maximum absolute atomic E-state index is 9.42. The standard InChI is InChI=1S/C11H16N4O/c1-7-12-10-9(6-16)13-8(2)15-5-3-4-11(10,15)14-7/h3-4,9-10,12-14,16H,1-2,5-6H2/t9-,10-,11?/m0/s1. The Bertz CT molecular complexity index is 391. The van der Waals surface area contributed by atoms with Crippen LogP contribution in [-0.4, -0.2) is 40.9 Å². The highest BCUT2D eigenvalue weighted by Gasteiger charge is 2.55. The molecule has 0 bridgehead atoms. The maximum atomic E-state index is 9.42. The van der Waals surface area contributed by atoms with Gasteiger partial charge < -0.3 is 26.0 Å². The Kier molecular flexibility index (Phi) is 1.77. The van der Waals surface area contributed by atoms with E-state index < -0.39 is 0 Å². The van der Waals surface area contributed by atoms with Gasteiger partial charge in [-0.05, 0) is 6.08 Å². The summed E-state index contributed by atoms with van der Waals surface area (Å²) in [7, 11) is 0. The number of aliphatic hydroxyl groups excluding tert-OH is 1. The molecular formula is C11H16N4O. The molecule has 1 unspecified atom stereocenters. The molecule has 0 aliphatic carbocycles. The number of aliphatic hydroxyl groups is 1. The van der Waals surface area contributed by atoms with E-state index in [1.165, 1.54) is 0 Å². The first-order valence-electron chi connectivity index (χ1n) is 5.42. The van der Waals surface area contributed by atoms with E-state index in [1.54, 1.807) is 0 Å². The van der Waals surface area contributed by atoms with Crippen molar-refractivity contribution in [1.82, 2.24) is 20.9 Å². The lowest BCUT2D eigenvalue weighted by Crippen LogP contribution is -2.70. The molecule has 86 valence electrons. The zero-order chi connectivity index (χ0) is 11.3. The second kappa shape index (κ2) is 2.95. The fourth-order valence-corrected chi connectivity index (χ4v) is 2.88. The minimum absolute atomic E-state index is 0.0572. The predicted octanol–water partition coefficient (Wildman–Crippen LogP) is -0.978. The lowest BCUT2D eigenvalue weighted by Gasteiger charge is -2.48. The number of hydrogen-bond donors (Lipinski definition) is 4. The molecule has 2 saturated heterocycles. The van der Waals surface area contributed by atoms with Crippen LogP contribution in [0.4, 0.5) is 0 Å². The molecule has 0 radical (unpaired) electrons. The third-order valence-electron chi connectivity index (χ3n) is 3.54. The SMILES string of the molecule is C=C1N[C@H]2[C@H](CO)NC(=C)N3CC=CC23N1. The van der Waals surface area contributed by atoms with Crippen LogP contribution < -0.4 is 16.0 Å². The van der Waals surface area contributed by atoms with Gasteiger partial charge >= 0.3 is 0 Å². The smallest absolute Gasteiger partial charge is 0.155 e. The molecule has 3 aliphatic heterocycles. The van der Waals surface area contributed by atoms with Crippen molar-refractivity contribution in [2.24, 2.45) is 0 Å². The minimum Gasteiger partial charge on any atom is -0.394 e. The van der Waals surface area contributed by atoms with Gasteiger partial charge in [0.25, 0.3) is 0 Å². The van der Waals surface area contributed by atoms with Crippen LogP contribution in [0.1, 0.15) is 0 Å². The van der Waals surface area contributed by atoms with Crippen molar-refractivity contribution in [3.8, 4) is 0 Å². The van der Waals surface area contributed by atoms with Gasteiger partial charge in [0.05, 0.1) is 30.3 Å². The lowest BCUT2D eigenvalue weighted by molar-refractivity contribution is 0.0760. The molecule has 16 heavy (non-hydrogen) atoms. The van der Waals surface area contributed by atoms with E-state index in [2.05, 4.69) is 46.2 Å². The summed E-state index contributed by atoms with van der Waals surface area (Å²) in [5.41, 5.74) is -0.313. The molecule has 3 heterocycles. The van der Waals surface area contributed by atoms with Crippen LogP contribution >= 0.6 is 0 Å². The normalized spacial score (nSPS) is 39.9. The molecule has 0 aromatic heterocycles. The number of nitrogens with one attached hydrogen (secondary N) is 3. The fraction of sp³-hybridized carbons (Fsp3) is 0.455. The molecule has 2 fully saturated rings. The van der Waals surface area contributed by atoms with E-state index >= 15 is 0 Å². The van der Waals surface area contributed by atoms with Gasteiger partial charge in [-0.1, -0.05) is 19.2 Å². The summed E-state index contributed by atoms with van der Waals surface area (Å²) in [6.07, 6.45) is 4.23. The third-order valence-corrected chi connectivity index (χ3v) is 3.54. The first-order chi connectivity index (χ1) is 7.67. The number of rotatable bonds is 1. The molecule has 5 heteroatoms. The lowest BCUT2D eigenvalue weighted by atomic mass is 9.92. The van der Waals surface area contributed by atoms with Crippen molar-refractivity contribution in [3.63, 3.8) is 0 Å². The van der Waals surface area contributed by atoms with Crippen LogP contribution in [0, 0.1) is 0 Å². The third kappa shape index (κ3) is 0.983. The van der Waals surface area contributed by atoms with Crippen LogP contribution in [-0.2, 0) is 0 Å². The molecule has 0 aromatic rings. The van der Waals surface area contributed by atoms with Crippen molar-refractivity contribution >= 4 is 0 Å². The summed E-state index contributed by atoms with van der Waals surface area (Å²) in [6, 6.07) is 0.00694. The molecule has 0 amide bonds. The van der Waals surface area contributed by atoms with Crippen LogP contribution in [0.2, 0.25) is 0 Å². The summed E-state index contributed by atoms with van der Waals surface area (Å²) in [6.45, 7) is 8.79. The average molecular weight is 220 g/mol. The first kappa shape index (κ1) is 9.59. The fourth-order valence-electron chi connectivity index (χ4n) is 2.88. The second-order valence-electron chi connectivity index (χ2n) is 4.44. The highest BCUT2D eigenvalue weighted by Crippen LogP contribution is 2.36. The molecule has 3 rings (SSSR count). The Morgan fingerprint density at radius 2 is 2.31 bits per heavy atom. The Morgan fingerprint density at radius 1 is 1.50 bits per heavy atom. The summed E-state index contributed by atoms with van der Waals surface area (Å²) in [5.74, 6) is 1.63. The van der Waals surface area contributed by atoms with E-state index in [4.69, 9.17) is 0 Å². The summed E-state index contributed by atoms with van der Waals surface area (Å²) in [5, 5.41) is 19.3. The van der Waals surface area contributed by atoms with Crippen LogP contribution in [0.15, 0.2) is 37.0 Å². The summed E-state index contributed by atoms with van der Waals surface area (Å²) >= 11 is 0. The molecule has 0 saturated carbocycles. The minimum atomic E-state index is -0.313. The van der Waals surface area contributed by atoms with E-state index in [1.807, 2.05) is 0 Å². The van der Waals surface area contributed by atoms with Crippen molar-refractivity contribution < 1.29 is 5.11 Å². The quantitative estimate of drug-likeness (QED) is 0.428. The molecule has 5 nitrogen and oxygen atoms in total. The Balaban J connectivity index is 2.04. The Hall–Kier alpha value is -1.62. The van der Waals surface area contributed by atoms with Gasteiger partial charge in [0.2, 0.25) is 0 Å². The first-order valence-corrected chi connectivity index (χ1v) is 5.42. The predicted molar refractivity (Wildman–Crippen MR) is 60.9 cm³/mol. The van der Waals surface area contributed by atoms with Gasteiger partial charge in [-0.2, -0.15) is 0 Å². The summed E-state index contributed by atoms with van der Waals surface area (Å²) in [4.78, 5) is 2.15. The van der Waals surface area contributed by atoms with Gasteiger partial charge in [-0.3, -0.25) is 0 Å². The van der Waals surface area contributed by atoms with Crippen molar-refractivity contribution in [2.45, 2.75) is 17.7 Å². The van der Waals surface area contributed by atoms with Gasteiger partial charge in [0, 0.05) is 6.54 Å². The average Bonchev–Trinajstić information content (AvgIpc) is 2.80. The highest BCUT2D eigenvalue weighted by molar-refractivity contribution is 5.34. The maximum Gasteiger partial charge on any atom is 0.155 e. The second-order valence-corrected chi connectivity index (χ2v) is 4.44. The molecule has 4 N–H and O–H groups in total. The Labute approximate surface area is 94.5 Å². The van der Waals surface area contributed by atoms with Gasteiger partial charge in [-0.15, -0.1) is 0 Å². The monoisotopic (exact) mass is 220 g/mol. The van der Waals surface area contributed by atoms with Gasteiger partial charge in [0.1, 0.15) is 0 Å². The van der Waals surface area contributed by atoms with Gasteiger partial charge in [0.15, 0.2) is 5.66 Å². The van der Waals surface area contributed by atoms with E-state index in [0.29, 0.717) is 0 Å². The molecule has 1 spiro atoms. The van der Waals surface area contributed by atoms with E-state index in [9.17, 15) is 5.11 Å². The molecule has 0 aromatic carbocycles. The molecule has 3 atom stereocenters. The zero-order valence-corrected chi connectivity index (χ0v) is 9.03. The van der Waals surface area contributed by atoms with E-state index in [0.717, 1.165) is 18.2 Å². The van der Waals surface area contributed by atoms with Crippen LogP contribution in [0.25, 0.3) is 0 Å². The van der Waals surface area contributed by atoms with E-state index in [-0.39, 0.29) is 24.4 Å². The Morgan fingerprint density at radius 3 is 3.06 bits per heavy atom. The van der Waals surface area contributed by atoms with Crippen molar-refractivity contribution in [3.05, 3.63) is 37.0 Å².